The largest absolute Gasteiger partial charge is 0.493 e. The van der Waals surface area contributed by atoms with Gasteiger partial charge in [0.2, 0.25) is 0 Å². The molecule has 2 rings (SSSR count). The minimum Gasteiger partial charge on any atom is -0.493 e. The smallest absolute Gasteiger partial charge is 0.125 e. The van der Waals surface area contributed by atoms with Crippen LogP contribution in [0.15, 0.2) is 22.7 Å². The maximum Gasteiger partial charge on any atom is 0.125 e. The van der Waals surface area contributed by atoms with Crippen LogP contribution in [0.5, 0.6) is 5.75 Å². The number of fused-ring (bicyclic) bond motifs is 1. The third kappa shape index (κ3) is 3.34. The highest BCUT2D eigenvalue weighted by atomic mass is 79.9. The molecule has 0 radical (unpaired) electrons. The zero-order chi connectivity index (χ0) is 14.6. The maximum atomic E-state index is 9.61. The first-order valence-electron chi connectivity index (χ1n) is 7.06. The molecule has 112 valence electrons. The van der Waals surface area contributed by atoms with Gasteiger partial charge in [-0.15, -0.1) is 0 Å². The summed E-state index contributed by atoms with van der Waals surface area (Å²) in [7, 11) is 0. The lowest BCUT2D eigenvalue weighted by molar-refractivity contribution is 0.0763. The first-order chi connectivity index (χ1) is 9.64. The van der Waals surface area contributed by atoms with E-state index in [-0.39, 0.29) is 19.3 Å². The standard InChI is InChI=1S/C15H22BrNO3/c1-2-15(9-18,10-19)17-13-4-3-7-20-14-8-11(16)5-6-12(13)14/h5-6,8,13,17-19H,2-4,7,9-10H2,1H3. The predicted octanol–water partition coefficient (Wildman–Crippen LogP) is 2.39. The third-order valence-corrected chi connectivity index (χ3v) is 4.50. The summed E-state index contributed by atoms with van der Waals surface area (Å²) in [6.07, 6.45) is 2.54. The van der Waals surface area contributed by atoms with E-state index in [4.69, 9.17) is 4.74 Å². The van der Waals surface area contributed by atoms with Crippen LogP contribution in [0.1, 0.15) is 37.8 Å². The van der Waals surface area contributed by atoms with Gasteiger partial charge in [0.15, 0.2) is 0 Å². The summed E-state index contributed by atoms with van der Waals surface area (Å²) in [5.74, 6) is 0.871. The number of halogens is 1. The normalized spacial score (nSPS) is 19.1. The van der Waals surface area contributed by atoms with Crippen molar-refractivity contribution in [2.45, 2.75) is 37.8 Å². The molecule has 1 aliphatic heterocycles. The number of ether oxygens (including phenoxy) is 1. The number of hydrogen-bond acceptors (Lipinski definition) is 4. The topological polar surface area (TPSA) is 61.7 Å². The number of nitrogens with one attached hydrogen (secondary N) is 1. The number of benzene rings is 1. The highest BCUT2D eigenvalue weighted by molar-refractivity contribution is 9.10. The molecular formula is C15H22BrNO3. The summed E-state index contributed by atoms with van der Waals surface area (Å²) in [4.78, 5) is 0. The summed E-state index contributed by atoms with van der Waals surface area (Å²) in [6.45, 7) is 2.50. The van der Waals surface area contributed by atoms with E-state index >= 15 is 0 Å². The Morgan fingerprint density at radius 1 is 1.40 bits per heavy atom. The second-order valence-corrected chi connectivity index (χ2v) is 6.24. The molecule has 4 nitrogen and oxygen atoms in total. The van der Waals surface area contributed by atoms with Gasteiger partial charge >= 0.3 is 0 Å². The lowest BCUT2D eigenvalue weighted by atomic mass is 9.93. The van der Waals surface area contributed by atoms with Crippen LogP contribution in [0.2, 0.25) is 0 Å². The van der Waals surface area contributed by atoms with Crippen LogP contribution in [0.4, 0.5) is 0 Å². The fourth-order valence-corrected chi connectivity index (χ4v) is 2.87. The van der Waals surface area contributed by atoms with Crippen LogP contribution in [-0.4, -0.2) is 35.6 Å². The summed E-state index contributed by atoms with van der Waals surface area (Å²) >= 11 is 3.46. The van der Waals surface area contributed by atoms with Crippen molar-refractivity contribution in [2.75, 3.05) is 19.8 Å². The van der Waals surface area contributed by atoms with Gasteiger partial charge in [-0.1, -0.05) is 28.9 Å². The van der Waals surface area contributed by atoms with Crippen LogP contribution < -0.4 is 10.1 Å². The molecular weight excluding hydrogens is 322 g/mol. The zero-order valence-electron chi connectivity index (χ0n) is 11.7. The van der Waals surface area contributed by atoms with Gasteiger partial charge < -0.3 is 20.3 Å². The van der Waals surface area contributed by atoms with E-state index < -0.39 is 5.54 Å². The van der Waals surface area contributed by atoms with Gasteiger partial charge in [-0.05, 0) is 31.4 Å². The molecule has 0 bridgehead atoms. The highest BCUT2D eigenvalue weighted by Crippen LogP contribution is 2.35. The van der Waals surface area contributed by atoms with E-state index in [1.165, 1.54) is 0 Å². The Balaban J connectivity index is 2.28. The van der Waals surface area contributed by atoms with Crippen molar-refractivity contribution in [1.29, 1.82) is 0 Å². The summed E-state index contributed by atoms with van der Waals surface area (Å²) in [6, 6.07) is 6.09. The molecule has 0 spiro atoms. The van der Waals surface area contributed by atoms with Crippen LogP contribution in [-0.2, 0) is 0 Å². The molecule has 0 saturated carbocycles. The monoisotopic (exact) mass is 343 g/mol. The van der Waals surface area contributed by atoms with E-state index in [1.54, 1.807) is 0 Å². The molecule has 3 N–H and O–H groups in total. The van der Waals surface area contributed by atoms with E-state index in [2.05, 4.69) is 21.2 Å². The Kier molecular flexibility index (Phi) is 5.43. The van der Waals surface area contributed by atoms with Gasteiger partial charge in [0.1, 0.15) is 5.75 Å². The van der Waals surface area contributed by atoms with Gasteiger partial charge in [0.05, 0.1) is 25.4 Å². The average molecular weight is 344 g/mol. The minimum absolute atomic E-state index is 0.0801. The van der Waals surface area contributed by atoms with Gasteiger partial charge in [0.25, 0.3) is 0 Å². The molecule has 0 aromatic heterocycles. The van der Waals surface area contributed by atoms with E-state index in [1.807, 2.05) is 25.1 Å². The number of aliphatic hydroxyl groups is 2. The summed E-state index contributed by atoms with van der Waals surface area (Å²) in [5, 5.41) is 22.7. The van der Waals surface area contributed by atoms with Crippen LogP contribution in [0, 0.1) is 0 Å². The molecule has 1 aromatic rings. The minimum atomic E-state index is -0.640. The molecule has 0 amide bonds. The summed E-state index contributed by atoms with van der Waals surface area (Å²) < 4.78 is 6.77. The van der Waals surface area contributed by atoms with Crippen LogP contribution in [0.3, 0.4) is 0 Å². The number of rotatable bonds is 5. The van der Waals surface area contributed by atoms with E-state index in [0.29, 0.717) is 13.0 Å². The third-order valence-electron chi connectivity index (χ3n) is 4.01. The van der Waals surface area contributed by atoms with Gasteiger partial charge in [0, 0.05) is 16.1 Å². The van der Waals surface area contributed by atoms with E-state index in [9.17, 15) is 10.2 Å². The molecule has 1 aliphatic rings. The molecule has 5 heteroatoms. The average Bonchev–Trinajstić information content (AvgIpc) is 2.66. The van der Waals surface area contributed by atoms with Crippen molar-refractivity contribution in [3.05, 3.63) is 28.2 Å². The maximum absolute atomic E-state index is 9.61. The van der Waals surface area contributed by atoms with Gasteiger partial charge in [-0.25, -0.2) is 0 Å². The van der Waals surface area contributed by atoms with Crippen molar-refractivity contribution >= 4 is 15.9 Å². The molecule has 1 atom stereocenters. The highest BCUT2D eigenvalue weighted by Gasteiger charge is 2.31. The van der Waals surface area contributed by atoms with Crippen molar-refractivity contribution < 1.29 is 14.9 Å². The molecule has 1 heterocycles. The van der Waals surface area contributed by atoms with Crippen LogP contribution >= 0.6 is 15.9 Å². The Morgan fingerprint density at radius 2 is 2.15 bits per heavy atom. The summed E-state index contributed by atoms with van der Waals surface area (Å²) in [5.41, 5.74) is 0.449. The Hall–Kier alpha value is -0.620. The predicted molar refractivity (Wildman–Crippen MR) is 81.9 cm³/mol. The molecule has 0 saturated heterocycles. The fourth-order valence-electron chi connectivity index (χ4n) is 2.53. The van der Waals surface area contributed by atoms with Gasteiger partial charge in [-0.2, -0.15) is 0 Å². The molecule has 20 heavy (non-hydrogen) atoms. The molecule has 0 fully saturated rings. The van der Waals surface area contributed by atoms with Crippen molar-refractivity contribution in [2.24, 2.45) is 0 Å². The second kappa shape index (κ2) is 6.89. The SMILES string of the molecule is CCC(CO)(CO)NC1CCCOc2cc(Br)ccc21. The van der Waals surface area contributed by atoms with Crippen molar-refractivity contribution in [1.82, 2.24) is 5.32 Å². The Labute approximate surface area is 128 Å². The van der Waals surface area contributed by atoms with Crippen molar-refractivity contribution in [3.63, 3.8) is 0 Å². The number of hydrogen-bond donors (Lipinski definition) is 3. The van der Waals surface area contributed by atoms with E-state index in [0.717, 1.165) is 28.6 Å². The first-order valence-corrected chi connectivity index (χ1v) is 7.85. The quantitative estimate of drug-likeness (QED) is 0.768. The molecule has 0 aliphatic carbocycles. The second-order valence-electron chi connectivity index (χ2n) is 5.32. The van der Waals surface area contributed by atoms with Crippen LogP contribution in [0.25, 0.3) is 0 Å². The Bertz CT molecular complexity index is 440. The Morgan fingerprint density at radius 3 is 2.80 bits per heavy atom. The fraction of sp³-hybridized carbons (Fsp3) is 0.600. The van der Waals surface area contributed by atoms with Gasteiger partial charge in [-0.3, -0.25) is 0 Å². The number of aliphatic hydroxyl groups excluding tert-OH is 2. The molecule has 1 aromatic carbocycles. The van der Waals surface area contributed by atoms with Crippen molar-refractivity contribution in [3.8, 4) is 5.75 Å². The molecule has 1 unspecified atom stereocenters. The lowest BCUT2D eigenvalue weighted by Gasteiger charge is -2.34. The zero-order valence-corrected chi connectivity index (χ0v) is 13.3. The lowest BCUT2D eigenvalue weighted by Crippen LogP contribution is -2.52. The first kappa shape index (κ1) is 15.8.